The summed E-state index contributed by atoms with van der Waals surface area (Å²) < 4.78 is 11.6. The van der Waals surface area contributed by atoms with Gasteiger partial charge in [0.1, 0.15) is 11.3 Å². The molecule has 0 heterocycles. The van der Waals surface area contributed by atoms with Gasteiger partial charge in [-0.25, -0.2) is 4.79 Å². The lowest BCUT2D eigenvalue weighted by atomic mass is 10.0. The molecule has 2 amide bonds. The molecule has 3 aromatic carbocycles. The molecular formula is C29H33BrN2O5. The van der Waals surface area contributed by atoms with Crippen molar-refractivity contribution in [3.8, 4) is 16.9 Å². The summed E-state index contributed by atoms with van der Waals surface area (Å²) in [5.74, 6) is 0.0726. The second-order valence-corrected chi connectivity index (χ2v) is 9.72. The second kappa shape index (κ2) is 13.8. The lowest BCUT2D eigenvalue weighted by Crippen LogP contribution is -2.57. The molecule has 8 heteroatoms. The van der Waals surface area contributed by atoms with Crippen molar-refractivity contribution in [1.29, 1.82) is 0 Å². The molecule has 1 atom stereocenters. The molecule has 0 spiro atoms. The number of carbonyl (C=O) groups is 2. The second-order valence-electron chi connectivity index (χ2n) is 8.87. The maximum Gasteiger partial charge on any atom is 0.408 e. The van der Waals surface area contributed by atoms with Gasteiger partial charge in [-0.1, -0.05) is 67.9 Å². The molecule has 3 aromatic rings. The van der Waals surface area contributed by atoms with Gasteiger partial charge in [-0.3, -0.25) is 4.79 Å². The Morgan fingerprint density at radius 3 is 2.32 bits per heavy atom. The van der Waals surface area contributed by atoms with Crippen LogP contribution in [0.4, 0.5) is 10.5 Å². The highest BCUT2D eigenvalue weighted by atomic mass is 79.9. The fourth-order valence-corrected chi connectivity index (χ4v) is 3.97. The third-order valence-corrected chi connectivity index (χ3v) is 6.45. The Morgan fingerprint density at radius 2 is 1.68 bits per heavy atom. The number of ether oxygens (including phenoxy) is 2. The van der Waals surface area contributed by atoms with Gasteiger partial charge in [0.25, 0.3) is 5.91 Å². The van der Waals surface area contributed by atoms with E-state index in [1.165, 1.54) is 23.6 Å². The Labute approximate surface area is 226 Å². The molecule has 0 aliphatic carbocycles. The first-order valence-electron chi connectivity index (χ1n) is 12.3. The zero-order valence-electron chi connectivity index (χ0n) is 21.1. The smallest absolute Gasteiger partial charge is 0.408 e. The van der Waals surface area contributed by atoms with Crippen LogP contribution < -0.4 is 15.4 Å². The van der Waals surface area contributed by atoms with Crippen LogP contribution in [0, 0.1) is 0 Å². The molecule has 37 heavy (non-hydrogen) atoms. The van der Waals surface area contributed by atoms with Gasteiger partial charge in [0.2, 0.25) is 0 Å². The number of amides is 2. The first-order valence-corrected chi connectivity index (χ1v) is 13.1. The Hall–Kier alpha value is -3.36. The van der Waals surface area contributed by atoms with Crippen LogP contribution in [0.5, 0.6) is 5.75 Å². The first kappa shape index (κ1) is 28.2. The number of halogens is 1. The predicted octanol–water partition coefficient (Wildman–Crippen LogP) is 5.95. The first-order chi connectivity index (χ1) is 17.8. The highest BCUT2D eigenvalue weighted by molar-refractivity contribution is 9.10. The Balaban J connectivity index is 1.52. The van der Waals surface area contributed by atoms with Gasteiger partial charge < -0.3 is 25.2 Å². The van der Waals surface area contributed by atoms with Crippen molar-refractivity contribution >= 4 is 33.6 Å². The number of nitrogens with one attached hydrogen (secondary N) is 2. The molecule has 196 valence electrons. The maximum absolute atomic E-state index is 12.8. The summed E-state index contributed by atoms with van der Waals surface area (Å²) in [5, 5.41) is 14.9. The van der Waals surface area contributed by atoms with Crippen LogP contribution in [-0.2, 0) is 16.0 Å². The van der Waals surface area contributed by atoms with Crippen molar-refractivity contribution in [2.45, 2.75) is 38.6 Å². The van der Waals surface area contributed by atoms with E-state index in [1.807, 2.05) is 25.1 Å². The van der Waals surface area contributed by atoms with Gasteiger partial charge in [0.05, 0.1) is 24.3 Å². The minimum absolute atomic E-state index is 0.249. The van der Waals surface area contributed by atoms with Gasteiger partial charge in [0.15, 0.2) is 0 Å². The average molecular weight is 569 g/mol. The standard InChI is InChI=1S/C29H33BrN2O5/c1-3-4-17-37-28(35)32-29(2,20-33)27(34)31-24-14-15-26(25(30)19-24)36-18-16-21-10-12-23(13-11-21)22-8-6-5-7-9-22/h5-15,19,33H,3-4,16-18,20H2,1-2H3,(H,31,34)(H,32,35)/t29-/m0/s1. The topological polar surface area (TPSA) is 96.9 Å². The number of alkyl carbamates (subject to hydrolysis) is 1. The van der Waals surface area contributed by atoms with E-state index < -0.39 is 24.1 Å². The molecule has 0 saturated carbocycles. The fourth-order valence-electron chi connectivity index (χ4n) is 3.48. The molecule has 3 rings (SSSR count). The van der Waals surface area contributed by atoms with E-state index in [4.69, 9.17) is 9.47 Å². The number of aliphatic hydroxyl groups excluding tert-OH is 1. The van der Waals surface area contributed by atoms with Gasteiger partial charge in [0, 0.05) is 12.1 Å². The zero-order chi connectivity index (χ0) is 26.7. The van der Waals surface area contributed by atoms with Crippen molar-refractivity contribution in [3.05, 3.63) is 82.8 Å². The number of carbonyl (C=O) groups excluding carboxylic acids is 2. The number of rotatable bonds is 12. The number of benzene rings is 3. The SMILES string of the molecule is CCCCOC(=O)N[C@@](C)(CO)C(=O)Nc1ccc(OCCc2ccc(-c3ccccc3)cc2)c(Br)c1. The van der Waals surface area contributed by atoms with Crippen molar-refractivity contribution in [2.75, 3.05) is 25.1 Å². The monoisotopic (exact) mass is 568 g/mol. The van der Waals surface area contributed by atoms with E-state index in [9.17, 15) is 14.7 Å². The van der Waals surface area contributed by atoms with Crippen molar-refractivity contribution in [2.24, 2.45) is 0 Å². The zero-order valence-corrected chi connectivity index (χ0v) is 22.7. The van der Waals surface area contributed by atoms with Crippen LogP contribution in [0.25, 0.3) is 11.1 Å². The summed E-state index contributed by atoms with van der Waals surface area (Å²) in [6.45, 7) is 3.56. The van der Waals surface area contributed by atoms with E-state index >= 15 is 0 Å². The predicted molar refractivity (Wildman–Crippen MR) is 149 cm³/mol. The number of anilines is 1. The Morgan fingerprint density at radius 1 is 0.973 bits per heavy atom. The molecular weight excluding hydrogens is 536 g/mol. The molecule has 0 aliphatic heterocycles. The van der Waals surface area contributed by atoms with Crippen molar-refractivity contribution in [3.63, 3.8) is 0 Å². The number of hydrogen-bond donors (Lipinski definition) is 3. The number of aliphatic hydroxyl groups is 1. The van der Waals surface area contributed by atoms with E-state index in [2.05, 4.69) is 63.0 Å². The molecule has 0 fully saturated rings. The minimum Gasteiger partial charge on any atom is -0.492 e. The summed E-state index contributed by atoms with van der Waals surface area (Å²) in [5.41, 5.74) is 2.47. The van der Waals surface area contributed by atoms with Crippen LogP contribution in [-0.4, -0.2) is 42.5 Å². The molecule has 0 radical (unpaired) electrons. The van der Waals surface area contributed by atoms with Gasteiger partial charge in [-0.05, 0) is 64.2 Å². The number of unbranched alkanes of at least 4 members (excludes halogenated alkanes) is 1. The third kappa shape index (κ3) is 8.33. The summed E-state index contributed by atoms with van der Waals surface area (Å²) in [6.07, 6.45) is 1.59. The Kier molecular flexibility index (Phi) is 10.5. The normalized spacial score (nSPS) is 12.3. The highest BCUT2D eigenvalue weighted by Crippen LogP contribution is 2.29. The maximum atomic E-state index is 12.8. The van der Waals surface area contributed by atoms with Gasteiger partial charge >= 0.3 is 6.09 Å². The minimum atomic E-state index is -1.54. The van der Waals surface area contributed by atoms with E-state index in [1.54, 1.807) is 18.2 Å². The average Bonchev–Trinajstić information content (AvgIpc) is 2.91. The summed E-state index contributed by atoms with van der Waals surface area (Å²) >= 11 is 3.49. The van der Waals surface area contributed by atoms with Crippen LogP contribution >= 0.6 is 15.9 Å². The quantitative estimate of drug-likeness (QED) is 0.234. The van der Waals surface area contributed by atoms with E-state index in [0.29, 0.717) is 22.5 Å². The van der Waals surface area contributed by atoms with Crippen molar-refractivity contribution in [1.82, 2.24) is 5.32 Å². The molecule has 3 N–H and O–H groups in total. The summed E-state index contributed by atoms with van der Waals surface area (Å²) in [7, 11) is 0. The lowest BCUT2D eigenvalue weighted by molar-refractivity contribution is -0.123. The molecule has 0 aromatic heterocycles. The summed E-state index contributed by atoms with van der Waals surface area (Å²) in [6, 6.07) is 23.8. The van der Waals surface area contributed by atoms with Crippen LogP contribution in [0.3, 0.4) is 0 Å². The Bertz CT molecular complexity index is 1170. The lowest BCUT2D eigenvalue weighted by Gasteiger charge is -2.27. The number of hydrogen-bond acceptors (Lipinski definition) is 5. The molecule has 0 saturated heterocycles. The van der Waals surface area contributed by atoms with Gasteiger partial charge in [-0.15, -0.1) is 0 Å². The van der Waals surface area contributed by atoms with Gasteiger partial charge in [-0.2, -0.15) is 0 Å². The largest absolute Gasteiger partial charge is 0.492 e. The van der Waals surface area contributed by atoms with Crippen LogP contribution in [0.1, 0.15) is 32.3 Å². The molecule has 0 bridgehead atoms. The van der Waals surface area contributed by atoms with Crippen LogP contribution in [0.2, 0.25) is 0 Å². The molecule has 0 unspecified atom stereocenters. The van der Waals surface area contributed by atoms with Crippen molar-refractivity contribution < 1.29 is 24.2 Å². The third-order valence-electron chi connectivity index (χ3n) is 5.83. The van der Waals surface area contributed by atoms with E-state index in [0.717, 1.165) is 19.3 Å². The molecule has 7 nitrogen and oxygen atoms in total. The molecule has 0 aliphatic rings. The summed E-state index contributed by atoms with van der Waals surface area (Å²) in [4.78, 5) is 24.8. The van der Waals surface area contributed by atoms with E-state index in [-0.39, 0.29) is 6.61 Å². The fraction of sp³-hybridized carbons (Fsp3) is 0.310. The van der Waals surface area contributed by atoms with Crippen LogP contribution in [0.15, 0.2) is 77.3 Å². The highest BCUT2D eigenvalue weighted by Gasteiger charge is 2.35.